The molecule has 0 unspecified atom stereocenters. The number of halogens is 1. The number of anilines is 1. The average Bonchev–Trinajstić information content (AvgIpc) is 3.29. The van der Waals surface area contributed by atoms with Gasteiger partial charge in [0.25, 0.3) is 5.91 Å². The largest absolute Gasteiger partial charge is 0.469 e. The van der Waals surface area contributed by atoms with Crippen molar-refractivity contribution in [1.29, 1.82) is 0 Å². The Morgan fingerprint density at radius 2 is 1.75 bits per heavy atom. The van der Waals surface area contributed by atoms with Gasteiger partial charge in [0, 0.05) is 32.6 Å². The predicted molar refractivity (Wildman–Crippen MR) is 121 cm³/mol. The number of hydrogen-bond donors (Lipinski definition) is 1. The molecular weight excluding hydrogens is 433 g/mol. The summed E-state index contributed by atoms with van der Waals surface area (Å²) >= 11 is 0. The van der Waals surface area contributed by atoms with E-state index in [9.17, 15) is 17.6 Å². The van der Waals surface area contributed by atoms with Crippen molar-refractivity contribution in [3.63, 3.8) is 0 Å². The summed E-state index contributed by atoms with van der Waals surface area (Å²) in [4.78, 5) is 12.4. The molecule has 1 aromatic heterocycles. The van der Waals surface area contributed by atoms with E-state index in [1.54, 1.807) is 36.6 Å². The molecule has 0 aliphatic carbocycles. The molecule has 32 heavy (non-hydrogen) atoms. The summed E-state index contributed by atoms with van der Waals surface area (Å²) in [7, 11) is -1.15. The monoisotopic (exact) mass is 459 g/mol. The smallest absolute Gasteiger partial charge is 0.303 e. The fourth-order valence-corrected chi connectivity index (χ4v) is 4.19. The van der Waals surface area contributed by atoms with Gasteiger partial charge < -0.3 is 9.73 Å². The van der Waals surface area contributed by atoms with Gasteiger partial charge in [-0.25, -0.2) is 4.39 Å². The third kappa shape index (κ3) is 5.74. The van der Waals surface area contributed by atoms with Crippen LogP contribution >= 0.6 is 0 Å². The van der Waals surface area contributed by atoms with E-state index in [2.05, 4.69) is 5.32 Å². The molecular formula is C23H26FN3O4S. The molecule has 0 aliphatic heterocycles. The van der Waals surface area contributed by atoms with Crippen LogP contribution in [-0.2, 0) is 23.2 Å². The second-order valence-electron chi connectivity index (χ2n) is 7.38. The highest BCUT2D eigenvalue weighted by Crippen LogP contribution is 2.25. The van der Waals surface area contributed by atoms with Crippen LogP contribution in [0.1, 0.15) is 28.1 Å². The number of carbonyl (C=O) groups is 1. The van der Waals surface area contributed by atoms with Crippen molar-refractivity contribution in [2.24, 2.45) is 0 Å². The Balaban J connectivity index is 1.66. The Kier molecular flexibility index (Phi) is 7.66. The lowest BCUT2D eigenvalue weighted by atomic mass is 10.1. The number of rotatable bonds is 10. The first-order chi connectivity index (χ1) is 15.3. The lowest BCUT2D eigenvalue weighted by molar-refractivity contribution is 0.0953. The predicted octanol–water partition coefficient (Wildman–Crippen LogP) is 3.59. The minimum Gasteiger partial charge on any atom is -0.469 e. The zero-order chi connectivity index (χ0) is 23.1. The lowest BCUT2D eigenvalue weighted by Gasteiger charge is -2.27. The van der Waals surface area contributed by atoms with E-state index in [0.29, 0.717) is 17.7 Å². The SMILES string of the molecule is CN(C)S(=O)(=O)N(Cc1ccc(C(=O)NCCCc2ccco2)cc1)c1ccccc1F. The first-order valence-electron chi connectivity index (χ1n) is 10.1. The van der Waals surface area contributed by atoms with Gasteiger partial charge in [-0.3, -0.25) is 9.10 Å². The summed E-state index contributed by atoms with van der Waals surface area (Å²) in [6.07, 6.45) is 3.10. The van der Waals surface area contributed by atoms with Gasteiger partial charge in [-0.15, -0.1) is 0 Å². The molecule has 0 spiro atoms. The molecule has 0 bridgehead atoms. The van der Waals surface area contributed by atoms with Crippen LogP contribution in [0.2, 0.25) is 0 Å². The van der Waals surface area contributed by atoms with Gasteiger partial charge in [-0.2, -0.15) is 12.7 Å². The third-order valence-electron chi connectivity index (χ3n) is 4.87. The standard InChI is InChI=1S/C23H26FN3O4S/c1-26(2)32(29,30)27(22-10-4-3-9-21(22)24)17-18-11-13-19(14-12-18)23(28)25-15-5-7-20-8-6-16-31-20/h3-4,6,8-14,16H,5,7,15,17H2,1-2H3,(H,25,28). The summed E-state index contributed by atoms with van der Waals surface area (Å²) in [5.74, 6) is 0.0158. The summed E-state index contributed by atoms with van der Waals surface area (Å²) in [5, 5.41) is 2.85. The Hall–Kier alpha value is -3.17. The molecule has 2 aromatic carbocycles. The van der Waals surface area contributed by atoms with Gasteiger partial charge >= 0.3 is 10.2 Å². The van der Waals surface area contributed by atoms with Crippen molar-refractivity contribution in [2.45, 2.75) is 19.4 Å². The van der Waals surface area contributed by atoms with Gasteiger partial charge in [0.05, 0.1) is 18.5 Å². The highest BCUT2D eigenvalue weighted by Gasteiger charge is 2.27. The molecule has 0 radical (unpaired) electrons. The quantitative estimate of drug-likeness (QED) is 0.470. The fraction of sp³-hybridized carbons (Fsp3) is 0.261. The van der Waals surface area contributed by atoms with Crippen molar-refractivity contribution >= 4 is 21.8 Å². The van der Waals surface area contributed by atoms with Crippen LogP contribution in [0.3, 0.4) is 0 Å². The highest BCUT2D eigenvalue weighted by molar-refractivity contribution is 7.90. The maximum atomic E-state index is 14.4. The van der Waals surface area contributed by atoms with Crippen molar-refractivity contribution < 1.29 is 22.0 Å². The van der Waals surface area contributed by atoms with E-state index < -0.39 is 16.0 Å². The van der Waals surface area contributed by atoms with Crippen LogP contribution in [0.15, 0.2) is 71.3 Å². The summed E-state index contributed by atoms with van der Waals surface area (Å²) in [5.41, 5.74) is 1.03. The van der Waals surface area contributed by atoms with Crippen LogP contribution in [0.5, 0.6) is 0 Å². The van der Waals surface area contributed by atoms with E-state index in [1.807, 2.05) is 12.1 Å². The van der Waals surface area contributed by atoms with Crippen LogP contribution in [0.4, 0.5) is 10.1 Å². The van der Waals surface area contributed by atoms with E-state index >= 15 is 0 Å². The van der Waals surface area contributed by atoms with E-state index in [4.69, 9.17) is 4.42 Å². The van der Waals surface area contributed by atoms with Crippen LogP contribution in [-0.4, -0.2) is 39.3 Å². The number of para-hydroxylation sites is 1. The minimum atomic E-state index is -3.93. The summed E-state index contributed by atoms with van der Waals surface area (Å²) < 4.78 is 47.3. The Labute approximate surface area is 187 Å². The number of amides is 1. The Morgan fingerprint density at radius 1 is 1.03 bits per heavy atom. The van der Waals surface area contributed by atoms with Crippen molar-refractivity contribution in [3.8, 4) is 0 Å². The van der Waals surface area contributed by atoms with Gasteiger partial charge in [-0.1, -0.05) is 24.3 Å². The van der Waals surface area contributed by atoms with Crippen LogP contribution < -0.4 is 9.62 Å². The maximum Gasteiger partial charge on any atom is 0.303 e. The third-order valence-corrected chi connectivity index (χ3v) is 6.67. The molecule has 3 rings (SSSR count). The molecule has 0 atom stereocenters. The van der Waals surface area contributed by atoms with Gasteiger partial charge in [0.15, 0.2) is 0 Å². The van der Waals surface area contributed by atoms with Crippen LogP contribution in [0.25, 0.3) is 0 Å². The molecule has 7 nitrogen and oxygen atoms in total. The van der Waals surface area contributed by atoms with E-state index in [1.165, 1.54) is 32.3 Å². The molecule has 0 fully saturated rings. The molecule has 9 heteroatoms. The number of nitrogens with one attached hydrogen (secondary N) is 1. The van der Waals surface area contributed by atoms with E-state index in [0.717, 1.165) is 27.2 Å². The zero-order valence-electron chi connectivity index (χ0n) is 18.0. The fourth-order valence-electron chi connectivity index (χ4n) is 3.09. The Morgan fingerprint density at radius 3 is 2.38 bits per heavy atom. The second kappa shape index (κ2) is 10.4. The topological polar surface area (TPSA) is 82.9 Å². The van der Waals surface area contributed by atoms with Gasteiger partial charge in [-0.05, 0) is 48.4 Å². The first kappa shape index (κ1) is 23.5. The molecule has 0 aliphatic rings. The number of benzene rings is 2. The molecule has 0 saturated carbocycles. The minimum absolute atomic E-state index is 0.0421. The number of carbonyl (C=O) groups excluding carboxylic acids is 1. The molecule has 1 N–H and O–H groups in total. The zero-order valence-corrected chi connectivity index (χ0v) is 18.8. The lowest BCUT2D eigenvalue weighted by Crippen LogP contribution is -2.40. The highest BCUT2D eigenvalue weighted by atomic mass is 32.2. The number of hydrogen-bond acceptors (Lipinski definition) is 4. The van der Waals surface area contributed by atoms with Gasteiger partial charge in [0.1, 0.15) is 11.6 Å². The molecule has 3 aromatic rings. The number of aryl methyl sites for hydroxylation is 1. The molecule has 170 valence electrons. The first-order valence-corrected chi connectivity index (χ1v) is 11.5. The summed E-state index contributed by atoms with van der Waals surface area (Å²) in [6.45, 7) is 0.427. The summed E-state index contributed by atoms with van der Waals surface area (Å²) in [6, 6.07) is 16.0. The second-order valence-corrected chi connectivity index (χ2v) is 9.45. The van der Waals surface area contributed by atoms with E-state index in [-0.39, 0.29) is 18.1 Å². The Bertz CT molecular complexity index is 1130. The average molecular weight is 460 g/mol. The number of furan rings is 1. The molecule has 1 amide bonds. The van der Waals surface area contributed by atoms with Crippen molar-refractivity contribution in [1.82, 2.24) is 9.62 Å². The van der Waals surface area contributed by atoms with Gasteiger partial charge in [0.2, 0.25) is 0 Å². The normalized spacial score (nSPS) is 11.5. The maximum absolute atomic E-state index is 14.4. The van der Waals surface area contributed by atoms with Crippen molar-refractivity contribution in [3.05, 3.63) is 89.6 Å². The number of nitrogens with zero attached hydrogens (tertiary/aromatic N) is 2. The molecule has 1 heterocycles. The molecule has 0 saturated heterocycles. The van der Waals surface area contributed by atoms with Crippen molar-refractivity contribution in [2.75, 3.05) is 24.9 Å². The van der Waals surface area contributed by atoms with Crippen LogP contribution in [0, 0.1) is 5.82 Å².